The van der Waals surface area contributed by atoms with Gasteiger partial charge in [-0.3, -0.25) is 0 Å². The lowest BCUT2D eigenvalue weighted by molar-refractivity contribution is 0.399. The van der Waals surface area contributed by atoms with Crippen LogP contribution < -0.4 is 14.8 Å². The minimum Gasteiger partial charge on any atom is -0.497 e. The molecule has 2 aromatic rings. The molecule has 5 nitrogen and oxygen atoms in total. The van der Waals surface area contributed by atoms with E-state index in [9.17, 15) is 0 Å². The molecule has 1 heterocycles. The maximum Gasteiger partial charge on any atom is 0.200 e. The van der Waals surface area contributed by atoms with Gasteiger partial charge in [-0.15, -0.1) is 0 Å². The van der Waals surface area contributed by atoms with Gasteiger partial charge in [0.05, 0.1) is 19.9 Å². The van der Waals surface area contributed by atoms with Crippen LogP contribution in [0.4, 0.5) is 5.95 Å². The normalized spacial score (nSPS) is 10.3. The van der Waals surface area contributed by atoms with Crippen molar-refractivity contribution in [3.8, 4) is 11.5 Å². The zero-order valence-electron chi connectivity index (χ0n) is 11.7. The van der Waals surface area contributed by atoms with Crippen LogP contribution in [0.1, 0.15) is 17.0 Å². The van der Waals surface area contributed by atoms with Gasteiger partial charge in [-0.1, -0.05) is 0 Å². The molecule has 0 spiro atoms. The number of hydrogen-bond donors (Lipinski definition) is 2. The highest BCUT2D eigenvalue weighted by atomic mass is 16.5. The molecular formula is C14H19N3O2. The van der Waals surface area contributed by atoms with E-state index in [1.165, 1.54) is 0 Å². The molecule has 0 unspecified atom stereocenters. The molecule has 0 aliphatic rings. The molecule has 0 amide bonds. The largest absolute Gasteiger partial charge is 0.497 e. The molecule has 0 atom stereocenters. The number of hydrogen-bond acceptors (Lipinski definition) is 4. The number of aromatic amines is 1. The van der Waals surface area contributed by atoms with E-state index in [1.807, 2.05) is 32.2 Å². The highest BCUT2D eigenvalue weighted by Crippen LogP contribution is 2.26. The lowest BCUT2D eigenvalue weighted by atomic mass is 10.1. The molecule has 2 rings (SSSR count). The number of nitrogens with one attached hydrogen (secondary N) is 2. The zero-order chi connectivity index (χ0) is 13.8. The molecule has 5 heteroatoms. The molecule has 0 saturated heterocycles. The topological polar surface area (TPSA) is 59.2 Å². The van der Waals surface area contributed by atoms with Crippen LogP contribution >= 0.6 is 0 Å². The fraction of sp³-hybridized carbons (Fsp3) is 0.357. The summed E-state index contributed by atoms with van der Waals surface area (Å²) in [4.78, 5) is 7.68. The van der Waals surface area contributed by atoms with Gasteiger partial charge in [0.15, 0.2) is 5.95 Å². The summed E-state index contributed by atoms with van der Waals surface area (Å²) in [6, 6.07) is 5.78. The van der Waals surface area contributed by atoms with E-state index in [2.05, 4.69) is 15.3 Å². The van der Waals surface area contributed by atoms with Gasteiger partial charge in [-0.05, 0) is 25.1 Å². The van der Waals surface area contributed by atoms with Gasteiger partial charge in [-0.2, -0.15) is 0 Å². The maximum absolute atomic E-state index is 5.38. The average molecular weight is 261 g/mol. The molecule has 0 radical (unpaired) electrons. The second kappa shape index (κ2) is 5.65. The van der Waals surface area contributed by atoms with Crippen LogP contribution in [-0.4, -0.2) is 31.2 Å². The van der Waals surface area contributed by atoms with Crippen LogP contribution in [-0.2, 0) is 6.42 Å². The molecule has 2 N–H and O–H groups in total. The van der Waals surface area contributed by atoms with Crippen LogP contribution in [0.5, 0.6) is 11.5 Å². The second-order valence-electron chi connectivity index (χ2n) is 4.26. The number of ether oxygens (including phenoxy) is 2. The van der Waals surface area contributed by atoms with E-state index >= 15 is 0 Å². The molecule has 0 fully saturated rings. The highest BCUT2D eigenvalue weighted by Gasteiger charge is 2.11. The Hall–Kier alpha value is -2.17. The molecular weight excluding hydrogens is 242 g/mol. The monoisotopic (exact) mass is 261 g/mol. The summed E-state index contributed by atoms with van der Waals surface area (Å²) in [5.74, 6) is 2.43. The fourth-order valence-corrected chi connectivity index (χ4v) is 1.99. The van der Waals surface area contributed by atoms with Gasteiger partial charge in [0.1, 0.15) is 11.5 Å². The van der Waals surface area contributed by atoms with Gasteiger partial charge in [0.2, 0.25) is 0 Å². The number of aryl methyl sites for hydroxylation is 1. The van der Waals surface area contributed by atoms with Crippen molar-refractivity contribution in [1.82, 2.24) is 9.97 Å². The third kappa shape index (κ3) is 2.81. The van der Waals surface area contributed by atoms with E-state index < -0.39 is 0 Å². The van der Waals surface area contributed by atoms with Crippen LogP contribution in [0.15, 0.2) is 18.2 Å². The molecule has 0 bridgehead atoms. The van der Waals surface area contributed by atoms with Crippen molar-refractivity contribution < 1.29 is 9.47 Å². The van der Waals surface area contributed by atoms with Crippen molar-refractivity contribution in [3.63, 3.8) is 0 Å². The lowest BCUT2D eigenvalue weighted by Crippen LogP contribution is -1.97. The van der Waals surface area contributed by atoms with Crippen LogP contribution in [0.2, 0.25) is 0 Å². The molecule has 102 valence electrons. The zero-order valence-corrected chi connectivity index (χ0v) is 11.7. The molecule has 0 aliphatic heterocycles. The smallest absolute Gasteiger partial charge is 0.200 e. The third-order valence-electron chi connectivity index (χ3n) is 3.07. The predicted octanol–water partition coefficient (Wildman–Crippen LogP) is 2.37. The highest BCUT2D eigenvalue weighted by molar-refractivity contribution is 5.43. The number of imidazole rings is 1. The Labute approximate surface area is 113 Å². The van der Waals surface area contributed by atoms with Crippen LogP contribution in [0.3, 0.4) is 0 Å². The molecule has 0 saturated carbocycles. The number of rotatable bonds is 5. The third-order valence-corrected chi connectivity index (χ3v) is 3.07. The van der Waals surface area contributed by atoms with E-state index in [0.29, 0.717) is 6.42 Å². The van der Waals surface area contributed by atoms with E-state index in [4.69, 9.17) is 9.47 Å². The lowest BCUT2D eigenvalue weighted by Gasteiger charge is -2.09. The van der Waals surface area contributed by atoms with Crippen molar-refractivity contribution in [2.24, 2.45) is 0 Å². The maximum atomic E-state index is 5.38. The fourth-order valence-electron chi connectivity index (χ4n) is 1.99. The Morgan fingerprint density at radius 1 is 1.26 bits per heavy atom. The number of nitrogens with zero attached hydrogens (tertiary/aromatic N) is 1. The van der Waals surface area contributed by atoms with E-state index in [-0.39, 0.29) is 0 Å². The van der Waals surface area contributed by atoms with Crippen molar-refractivity contribution in [3.05, 3.63) is 35.2 Å². The first-order chi connectivity index (χ1) is 9.17. The average Bonchev–Trinajstić information content (AvgIpc) is 2.79. The van der Waals surface area contributed by atoms with Gasteiger partial charge in [0, 0.05) is 24.7 Å². The summed E-state index contributed by atoms with van der Waals surface area (Å²) in [5.41, 5.74) is 3.10. The van der Waals surface area contributed by atoms with Gasteiger partial charge in [0.25, 0.3) is 0 Å². The number of H-pyrrole nitrogens is 1. The first kappa shape index (κ1) is 13.3. The Morgan fingerprint density at radius 2 is 2.05 bits per heavy atom. The number of anilines is 1. The molecule has 1 aromatic carbocycles. The van der Waals surface area contributed by atoms with Gasteiger partial charge in [-0.25, -0.2) is 4.98 Å². The Balaban J connectivity index is 2.33. The summed E-state index contributed by atoms with van der Waals surface area (Å²) in [5, 5.41) is 3.00. The van der Waals surface area contributed by atoms with Crippen LogP contribution in [0.25, 0.3) is 0 Å². The predicted molar refractivity (Wildman–Crippen MR) is 75.2 cm³/mol. The number of aromatic nitrogens is 2. The summed E-state index contributed by atoms with van der Waals surface area (Å²) in [6.07, 6.45) is 0.699. The van der Waals surface area contributed by atoms with Crippen LogP contribution in [0, 0.1) is 6.92 Å². The standard InChI is InChI=1S/C14H19N3O2/c1-9-12(17-14(15-2)16-9)8-10-7-11(18-3)5-6-13(10)19-4/h5-7H,8H2,1-4H3,(H2,15,16,17). The minimum absolute atomic E-state index is 0.699. The Bertz CT molecular complexity index is 564. The van der Waals surface area contributed by atoms with Crippen molar-refractivity contribution >= 4 is 5.95 Å². The molecule has 1 aromatic heterocycles. The van der Waals surface area contributed by atoms with Crippen molar-refractivity contribution in [2.45, 2.75) is 13.3 Å². The number of methoxy groups -OCH3 is 2. The summed E-state index contributed by atoms with van der Waals surface area (Å²) in [6.45, 7) is 2.01. The Morgan fingerprint density at radius 3 is 2.63 bits per heavy atom. The summed E-state index contributed by atoms with van der Waals surface area (Å²) in [7, 11) is 5.17. The Kier molecular flexibility index (Phi) is 3.94. The molecule has 0 aliphatic carbocycles. The molecule has 19 heavy (non-hydrogen) atoms. The first-order valence-electron chi connectivity index (χ1n) is 6.12. The van der Waals surface area contributed by atoms with Gasteiger partial charge < -0.3 is 19.8 Å². The van der Waals surface area contributed by atoms with E-state index in [1.54, 1.807) is 14.2 Å². The summed E-state index contributed by atoms with van der Waals surface area (Å²) < 4.78 is 10.6. The number of benzene rings is 1. The first-order valence-corrected chi connectivity index (χ1v) is 6.12. The van der Waals surface area contributed by atoms with E-state index in [0.717, 1.165) is 34.4 Å². The summed E-state index contributed by atoms with van der Waals surface area (Å²) >= 11 is 0. The van der Waals surface area contributed by atoms with Gasteiger partial charge >= 0.3 is 0 Å². The van der Waals surface area contributed by atoms with Crippen molar-refractivity contribution in [2.75, 3.05) is 26.6 Å². The van der Waals surface area contributed by atoms with Crippen molar-refractivity contribution in [1.29, 1.82) is 0 Å². The minimum atomic E-state index is 0.699. The quantitative estimate of drug-likeness (QED) is 0.867. The SMILES string of the molecule is CNc1nc(Cc2cc(OC)ccc2OC)c(C)[nH]1. The second-order valence-corrected chi connectivity index (χ2v) is 4.26.